The molecule has 1 aliphatic rings. The molecule has 0 aliphatic carbocycles. The van der Waals surface area contributed by atoms with Crippen molar-refractivity contribution in [2.75, 3.05) is 0 Å². The van der Waals surface area contributed by atoms with Crippen LogP contribution in [0.15, 0.2) is 47.2 Å². The smallest absolute Gasteiger partial charge is 0.183 e. The van der Waals surface area contributed by atoms with Gasteiger partial charge in [-0.1, -0.05) is 37.3 Å². The maximum atomic E-state index is 13.2. The van der Waals surface area contributed by atoms with E-state index in [0.29, 0.717) is 0 Å². The third-order valence-electron chi connectivity index (χ3n) is 5.61. The van der Waals surface area contributed by atoms with Crippen LogP contribution >= 0.6 is 22.7 Å². The first-order valence-corrected chi connectivity index (χ1v) is 11.4. The molecule has 0 fully saturated rings. The average molecular weight is 421 g/mol. The van der Waals surface area contributed by atoms with Gasteiger partial charge in [0.15, 0.2) is 11.6 Å². The number of ketones is 1. The molecular weight excluding hydrogens is 400 g/mol. The molecule has 3 aromatic heterocycles. The topological polar surface area (TPSA) is 60.7 Å². The molecule has 0 saturated carbocycles. The number of thiophene rings is 1. The molecule has 0 radical (unpaired) electrons. The molecule has 0 saturated heterocycles. The minimum Gasteiger partial charge on any atom is -0.309 e. The van der Waals surface area contributed by atoms with Gasteiger partial charge < -0.3 is 4.57 Å². The predicted octanol–water partition coefficient (Wildman–Crippen LogP) is 5.44. The van der Waals surface area contributed by atoms with E-state index < -0.39 is 0 Å². The Kier molecular flexibility index (Phi) is 4.64. The number of carbonyl (C=O) groups excluding carboxylic acids is 1. The summed E-state index contributed by atoms with van der Waals surface area (Å²) in [6.45, 7) is 4.81. The number of benzene rings is 1. The van der Waals surface area contributed by atoms with Crippen LogP contribution in [0.1, 0.15) is 40.5 Å². The van der Waals surface area contributed by atoms with Crippen LogP contribution in [0.5, 0.6) is 0 Å². The molecule has 4 heterocycles. The van der Waals surface area contributed by atoms with Gasteiger partial charge in [-0.25, -0.2) is 4.98 Å². The largest absolute Gasteiger partial charge is 0.309 e. The Bertz CT molecular complexity index is 1160. The van der Waals surface area contributed by atoms with Crippen molar-refractivity contribution in [1.82, 2.24) is 19.7 Å². The van der Waals surface area contributed by atoms with Gasteiger partial charge in [-0.15, -0.1) is 32.9 Å². The van der Waals surface area contributed by atoms with Crippen LogP contribution in [0.4, 0.5) is 0 Å². The molecule has 1 aliphatic heterocycles. The summed E-state index contributed by atoms with van der Waals surface area (Å²) in [6, 6.07) is 12.1. The quantitative estimate of drug-likeness (QED) is 0.412. The van der Waals surface area contributed by atoms with Gasteiger partial charge in [0.05, 0.1) is 5.01 Å². The number of aromatic nitrogens is 4. The Hall–Kier alpha value is -2.64. The SMILES string of the molecule is Cc1nc(-c2nnc3n2CCC(C(=O)c2ccc(-c4cccs4)cc2)[C@@H]3C)cs1. The van der Waals surface area contributed by atoms with Gasteiger partial charge in [-0.05, 0) is 30.4 Å². The first-order valence-electron chi connectivity index (χ1n) is 9.65. The second kappa shape index (κ2) is 7.31. The van der Waals surface area contributed by atoms with Crippen LogP contribution in [-0.2, 0) is 6.54 Å². The van der Waals surface area contributed by atoms with Gasteiger partial charge in [-0.2, -0.15) is 0 Å². The lowest BCUT2D eigenvalue weighted by atomic mass is 9.81. The van der Waals surface area contributed by atoms with E-state index >= 15 is 0 Å². The van der Waals surface area contributed by atoms with Crippen LogP contribution in [0.25, 0.3) is 22.0 Å². The van der Waals surface area contributed by atoms with Crippen LogP contribution in [0, 0.1) is 12.8 Å². The van der Waals surface area contributed by atoms with Crippen molar-refractivity contribution in [1.29, 1.82) is 0 Å². The van der Waals surface area contributed by atoms with E-state index in [0.717, 1.165) is 46.4 Å². The number of hydrogen-bond acceptors (Lipinski definition) is 6. The zero-order chi connectivity index (χ0) is 20.0. The standard InChI is InChI=1S/C22H20N4OS2/c1-13-17(20(27)16-7-5-15(6-8-16)19-4-3-11-28-19)9-10-26-21(13)24-25-22(26)18-12-29-14(2)23-18/h3-8,11-13,17H,9-10H2,1-2H3/t13-,17?/m0/s1. The number of hydrogen-bond donors (Lipinski definition) is 0. The zero-order valence-electron chi connectivity index (χ0n) is 16.2. The first kappa shape index (κ1) is 18.4. The highest BCUT2D eigenvalue weighted by atomic mass is 32.1. The van der Waals surface area contributed by atoms with Gasteiger partial charge in [0.2, 0.25) is 0 Å². The lowest BCUT2D eigenvalue weighted by Crippen LogP contribution is -2.29. The van der Waals surface area contributed by atoms with Gasteiger partial charge in [0.25, 0.3) is 0 Å². The van der Waals surface area contributed by atoms with Crippen molar-refractivity contribution in [3.8, 4) is 22.0 Å². The fraction of sp³-hybridized carbons (Fsp3) is 0.273. The zero-order valence-corrected chi connectivity index (χ0v) is 17.8. The number of thiazole rings is 1. The Balaban J connectivity index is 1.39. The highest BCUT2D eigenvalue weighted by molar-refractivity contribution is 7.13. The van der Waals surface area contributed by atoms with Crippen molar-refractivity contribution >= 4 is 28.5 Å². The highest BCUT2D eigenvalue weighted by Crippen LogP contribution is 2.36. The summed E-state index contributed by atoms with van der Waals surface area (Å²) in [4.78, 5) is 19.0. The number of Topliss-reactive ketones (excluding diaryl/α,β-unsaturated/α-hetero) is 1. The van der Waals surface area contributed by atoms with Crippen molar-refractivity contribution in [3.05, 3.63) is 63.6 Å². The molecule has 146 valence electrons. The van der Waals surface area contributed by atoms with E-state index in [1.54, 1.807) is 22.7 Å². The maximum Gasteiger partial charge on any atom is 0.183 e. The highest BCUT2D eigenvalue weighted by Gasteiger charge is 2.35. The van der Waals surface area contributed by atoms with Crippen molar-refractivity contribution in [2.24, 2.45) is 5.92 Å². The third kappa shape index (κ3) is 3.24. The maximum absolute atomic E-state index is 13.2. The van der Waals surface area contributed by atoms with Crippen LogP contribution in [0.3, 0.4) is 0 Å². The number of carbonyl (C=O) groups is 1. The first-order chi connectivity index (χ1) is 14.1. The summed E-state index contributed by atoms with van der Waals surface area (Å²) >= 11 is 3.32. The molecule has 0 amide bonds. The van der Waals surface area contributed by atoms with Gasteiger partial charge in [0.1, 0.15) is 11.5 Å². The molecular formula is C22H20N4OS2. The fourth-order valence-electron chi connectivity index (χ4n) is 4.04. The molecule has 2 atom stereocenters. The van der Waals surface area contributed by atoms with Gasteiger partial charge in [-0.3, -0.25) is 4.79 Å². The van der Waals surface area contributed by atoms with Crippen LogP contribution < -0.4 is 0 Å². The van der Waals surface area contributed by atoms with Crippen LogP contribution in [0.2, 0.25) is 0 Å². The monoisotopic (exact) mass is 420 g/mol. The van der Waals surface area contributed by atoms with Crippen molar-refractivity contribution in [2.45, 2.75) is 32.7 Å². The molecule has 1 aromatic carbocycles. The van der Waals surface area contributed by atoms with E-state index in [4.69, 9.17) is 0 Å². The number of rotatable bonds is 4. The second-order valence-corrected chi connectivity index (χ2v) is 9.40. The summed E-state index contributed by atoms with van der Waals surface area (Å²) < 4.78 is 2.13. The van der Waals surface area contributed by atoms with E-state index in [1.165, 1.54) is 4.88 Å². The Morgan fingerprint density at radius 2 is 1.97 bits per heavy atom. The molecule has 1 unspecified atom stereocenters. The average Bonchev–Trinajstić information content (AvgIpc) is 3.48. The summed E-state index contributed by atoms with van der Waals surface area (Å²) in [5.41, 5.74) is 2.79. The molecule has 5 nitrogen and oxygen atoms in total. The van der Waals surface area contributed by atoms with Crippen LogP contribution in [-0.4, -0.2) is 25.5 Å². The summed E-state index contributed by atoms with van der Waals surface area (Å²) in [5.74, 6) is 1.82. The third-order valence-corrected chi connectivity index (χ3v) is 7.31. The summed E-state index contributed by atoms with van der Waals surface area (Å²) in [6.07, 6.45) is 0.786. The Morgan fingerprint density at radius 1 is 1.14 bits per heavy atom. The minimum atomic E-state index is -0.0793. The normalized spacial score (nSPS) is 18.6. The number of aryl methyl sites for hydroxylation is 1. The van der Waals surface area contributed by atoms with Crippen molar-refractivity contribution < 1.29 is 4.79 Å². The van der Waals surface area contributed by atoms with E-state index in [9.17, 15) is 4.79 Å². The fourth-order valence-corrected chi connectivity index (χ4v) is 5.36. The molecule has 29 heavy (non-hydrogen) atoms. The van der Waals surface area contributed by atoms with E-state index in [2.05, 4.69) is 38.1 Å². The van der Waals surface area contributed by atoms with Crippen molar-refractivity contribution in [3.63, 3.8) is 0 Å². The molecule has 5 rings (SSSR count). The molecule has 7 heteroatoms. The van der Waals surface area contributed by atoms with Gasteiger partial charge >= 0.3 is 0 Å². The lowest BCUT2D eigenvalue weighted by Gasteiger charge is -2.28. The molecule has 0 bridgehead atoms. The number of fused-ring (bicyclic) bond motifs is 1. The summed E-state index contributed by atoms with van der Waals surface area (Å²) in [7, 11) is 0. The van der Waals surface area contributed by atoms with E-state index in [-0.39, 0.29) is 17.6 Å². The Labute approximate surface area is 177 Å². The molecule has 0 N–H and O–H groups in total. The lowest BCUT2D eigenvalue weighted by molar-refractivity contribution is 0.0876. The number of nitrogens with zero attached hydrogens (tertiary/aromatic N) is 4. The Morgan fingerprint density at radius 3 is 2.66 bits per heavy atom. The molecule has 4 aromatic rings. The minimum absolute atomic E-state index is 0.0224. The second-order valence-electron chi connectivity index (χ2n) is 7.39. The van der Waals surface area contributed by atoms with Gasteiger partial charge in [0, 0.05) is 34.2 Å². The van der Waals surface area contributed by atoms with E-state index in [1.807, 2.05) is 42.6 Å². The predicted molar refractivity (Wildman–Crippen MR) is 116 cm³/mol. The summed E-state index contributed by atoms with van der Waals surface area (Å²) in [5, 5.41) is 13.9. The molecule has 0 spiro atoms.